The molecule has 0 aliphatic heterocycles. The molecule has 24 heavy (non-hydrogen) atoms. The van der Waals surface area contributed by atoms with Crippen molar-refractivity contribution in [2.24, 2.45) is 0 Å². The summed E-state index contributed by atoms with van der Waals surface area (Å²) < 4.78 is 0. The Bertz CT molecular complexity index is 740. The maximum absolute atomic E-state index is 12.5. The van der Waals surface area contributed by atoms with Crippen molar-refractivity contribution in [3.05, 3.63) is 107 Å². The number of hydrogen-bond acceptors (Lipinski definition) is 1. The van der Waals surface area contributed by atoms with Crippen molar-refractivity contribution in [3.63, 3.8) is 0 Å². The quantitative estimate of drug-likeness (QED) is 0.741. The van der Waals surface area contributed by atoms with Crippen molar-refractivity contribution < 1.29 is 4.79 Å². The third-order valence-corrected chi connectivity index (χ3v) is 4.06. The van der Waals surface area contributed by atoms with Gasteiger partial charge in [0.05, 0.1) is 12.5 Å². The molecule has 0 fully saturated rings. The molecule has 0 radical (unpaired) electrons. The number of rotatable bonds is 5. The lowest BCUT2D eigenvalue weighted by Crippen LogP contribution is -2.30. The zero-order chi connectivity index (χ0) is 16.8. The van der Waals surface area contributed by atoms with Crippen LogP contribution in [0, 0.1) is 6.92 Å². The lowest BCUT2D eigenvalue weighted by Gasteiger charge is -2.20. The molecule has 0 bridgehead atoms. The molecule has 1 N–H and O–H groups in total. The summed E-state index contributed by atoms with van der Waals surface area (Å²) in [5.41, 5.74) is 4.39. The minimum absolute atomic E-state index is 0.0246. The molecular weight excluding hydrogens is 294 g/mol. The van der Waals surface area contributed by atoms with Gasteiger partial charge in [0, 0.05) is 0 Å². The summed E-state index contributed by atoms with van der Waals surface area (Å²) in [6.45, 7) is 2.05. The van der Waals surface area contributed by atoms with E-state index in [9.17, 15) is 4.79 Å². The lowest BCUT2D eigenvalue weighted by atomic mass is 9.98. The Hall–Kier alpha value is -2.87. The van der Waals surface area contributed by atoms with Crippen LogP contribution in [-0.2, 0) is 11.2 Å². The Morgan fingerprint density at radius 3 is 1.79 bits per heavy atom. The highest BCUT2D eigenvalue weighted by Crippen LogP contribution is 2.21. The van der Waals surface area contributed by atoms with Gasteiger partial charge in [0.2, 0.25) is 5.91 Å². The first kappa shape index (κ1) is 16.0. The van der Waals surface area contributed by atoms with Crippen molar-refractivity contribution in [3.8, 4) is 0 Å². The molecule has 3 aromatic carbocycles. The molecule has 120 valence electrons. The Morgan fingerprint density at radius 2 is 1.29 bits per heavy atom. The molecule has 0 unspecified atom stereocenters. The lowest BCUT2D eigenvalue weighted by molar-refractivity contribution is -0.120. The Kier molecular flexibility index (Phi) is 5.07. The number of carbonyl (C=O) groups is 1. The van der Waals surface area contributed by atoms with E-state index in [0.29, 0.717) is 6.42 Å². The van der Waals surface area contributed by atoms with Crippen LogP contribution in [0.15, 0.2) is 84.9 Å². The first-order valence-electron chi connectivity index (χ1n) is 8.17. The van der Waals surface area contributed by atoms with Gasteiger partial charge in [0.25, 0.3) is 0 Å². The summed E-state index contributed by atoms with van der Waals surface area (Å²) >= 11 is 0. The second-order valence-electron chi connectivity index (χ2n) is 5.98. The SMILES string of the molecule is Cc1ccc(CC(=O)NC(c2ccccc2)c2ccccc2)cc1. The Labute approximate surface area is 143 Å². The van der Waals surface area contributed by atoms with E-state index < -0.39 is 0 Å². The molecule has 0 aliphatic rings. The van der Waals surface area contributed by atoms with Crippen LogP contribution in [0.2, 0.25) is 0 Å². The zero-order valence-corrected chi connectivity index (χ0v) is 13.8. The minimum Gasteiger partial charge on any atom is -0.345 e. The molecule has 2 heteroatoms. The van der Waals surface area contributed by atoms with Crippen LogP contribution >= 0.6 is 0 Å². The van der Waals surface area contributed by atoms with Gasteiger partial charge in [-0.3, -0.25) is 4.79 Å². The van der Waals surface area contributed by atoms with Crippen LogP contribution in [0.1, 0.15) is 28.3 Å². The normalized spacial score (nSPS) is 10.6. The van der Waals surface area contributed by atoms with Crippen molar-refractivity contribution in [1.29, 1.82) is 0 Å². The predicted octanol–water partition coefficient (Wildman–Crippen LogP) is 4.44. The van der Waals surface area contributed by atoms with E-state index in [2.05, 4.69) is 5.32 Å². The molecule has 0 saturated heterocycles. The summed E-state index contributed by atoms with van der Waals surface area (Å²) in [5, 5.41) is 3.17. The van der Waals surface area contributed by atoms with E-state index in [0.717, 1.165) is 16.7 Å². The van der Waals surface area contributed by atoms with E-state index in [1.165, 1.54) is 5.56 Å². The van der Waals surface area contributed by atoms with E-state index in [1.54, 1.807) is 0 Å². The molecule has 0 spiro atoms. The largest absolute Gasteiger partial charge is 0.345 e. The Balaban J connectivity index is 1.79. The van der Waals surface area contributed by atoms with E-state index in [1.807, 2.05) is 91.9 Å². The minimum atomic E-state index is -0.134. The summed E-state index contributed by atoms with van der Waals surface area (Å²) in [6.07, 6.45) is 0.385. The third-order valence-electron chi connectivity index (χ3n) is 4.06. The topological polar surface area (TPSA) is 29.1 Å². The number of nitrogens with one attached hydrogen (secondary N) is 1. The second-order valence-corrected chi connectivity index (χ2v) is 5.98. The van der Waals surface area contributed by atoms with Gasteiger partial charge >= 0.3 is 0 Å². The van der Waals surface area contributed by atoms with Crippen molar-refractivity contribution in [1.82, 2.24) is 5.32 Å². The van der Waals surface area contributed by atoms with Crippen LogP contribution in [0.4, 0.5) is 0 Å². The van der Waals surface area contributed by atoms with Crippen molar-refractivity contribution in [2.45, 2.75) is 19.4 Å². The molecular formula is C22H21NO. The molecule has 0 saturated carbocycles. The number of aryl methyl sites for hydroxylation is 1. The molecule has 0 aliphatic carbocycles. The van der Waals surface area contributed by atoms with Gasteiger partial charge in [0.15, 0.2) is 0 Å². The molecule has 0 heterocycles. The standard InChI is InChI=1S/C22H21NO/c1-17-12-14-18(15-13-17)16-21(24)23-22(19-8-4-2-5-9-19)20-10-6-3-7-11-20/h2-15,22H,16H2,1H3,(H,23,24). The fraction of sp³-hybridized carbons (Fsp3) is 0.136. The highest BCUT2D eigenvalue weighted by atomic mass is 16.1. The van der Waals surface area contributed by atoms with Crippen LogP contribution in [0.3, 0.4) is 0 Å². The molecule has 0 atom stereocenters. The fourth-order valence-electron chi connectivity index (χ4n) is 2.75. The highest BCUT2D eigenvalue weighted by Gasteiger charge is 2.16. The highest BCUT2D eigenvalue weighted by molar-refractivity contribution is 5.79. The van der Waals surface area contributed by atoms with Gasteiger partial charge in [-0.05, 0) is 23.6 Å². The summed E-state index contributed by atoms with van der Waals surface area (Å²) in [7, 11) is 0. The van der Waals surface area contributed by atoms with E-state index in [4.69, 9.17) is 0 Å². The van der Waals surface area contributed by atoms with Crippen LogP contribution in [-0.4, -0.2) is 5.91 Å². The number of hydrogen-bond donors (Lipinski definition) is 1. The fourth-order valence-corrected chi connectivity index (χ4v) is 2.75. The molecule has 3 aromatic rings. The van der Waals surface area contributed by atoms with Gasteiger partial charge in [-0.2, -0.15) is 0 Å². The first-order valence-corrected chi connectivity index (χ1v) is 8.17. The Morgan fingerprint density at radius 1 is 0.792 bits per heavy atom. The van der Waals surface area contributed by atoms with Crippen molar-refractivity contribution >= 4 is 5.91 Å². The summed E-state index contributed by atoms with van der Waals surface area (Å²) in [4.78, 5) is 12.5. The van der Waals surface area contributed by atoms with E-state index >= 15 is 0 Å². The zero-order valence-electron chi connectivity index (χ0n) is 13.8. The molecule has 1 amide bonds. The second kappa shape index (κ2) is 7.60. The molecule has 2 nitrogen and oxygen atoms in total. The monoisotopic (exact) mass is 315 g/mol. The van der Waals surface area contributed by atoms with Gasteiger partial charge in [-0.25, -0.2) is 0 Å². The van der Waals surface area contributed by atoms with Crippen molar-refractivity contribution in [2.75, 3.05) is 0 Å². The van der Waals surface area contributed by atoms with Crippen LogP contribution < -0.4 is 5.32 Å². The van der Waals surface area contributed by atoms with Gasteiger partial charge in [-0.15, -0.1) is 0 Å². The first-order chi connectivity index (χ1) is 11.7. The summed E-state index contributed by atoms with van der Waals surface area (Å²) in [6, 6.07) is 28.1. The van der Waals surface area contributed by atoms with E-state index in [-0.39, 0.29) is 11.9 Å². The average molecular weight is 315 g/mol. The van der Waals surface area contributed by atoms with Gasteiger partial charge in [-0.1, -0.05) is 90.5 Å². The van der Waals surface area contributed by atoms with Gasteiger partial charge < -0.3 is 5.32 Å². The number of amides is 1. The molecule has 3 rings (SSSR count). The number of carbonyl (C=O) groups excluding carboxylic acids is 1. The molecule has 0 aromatic heterocycles. The third kappa shape index (κ3) is 4.11. The van der Waals surface area contributed by atoms with Crippen LogP contribution in [0.25, 0.3) is 0 Å². The average Bonchev–Trinajstić information content (AvgIpc) is 2.63. The number of benzene rings is 3. The predicted molar refractivity (Wildman–Crippen MR) is 97.8 cm³/mol. The summed E-state index contributed by atoms with van der Waals surface area (Å²) in [5.74, 6) is 0.0246. The smallest absolute Gasteiger partial charge is 0.225 e. The van der Waals surface area contributed by atoms with Crippen LogP contribution in [0.5, 0.6) is 0 Å². The van der Waals surface area contributed by atoms with Gasteiger partial charge in [0.1, 0.15) is 0 Å². The maximum atomic E-state index is 12.5. The maximum Gasteiger partial charge on any atom is 0.225 e.